The fourth-order valence-electron chi connectivity index (χ4n) is 4.61. The SMILES string of the molecule is COc1ccc([C@H]2CNC(=O)C(=Cc3cc(C(F)(F)F)cc(C(F)(F)F)c3)C2)cc1OC1CCCC1. The van der Waals surface area contributed by atoms with Crippen LogP contribution in [0.15, 0.2) is 42.0 Å². The Morgan fingerprint density at radius 1 is 0.917 bits per heavy atom. The van der Waals surface area contributed by atoms with E-state index in [9.17, 15) is 31.1 Å². The van der Waals surface area contributed by atoms with Crippen molar-refractivity contribution in [2.75, 3.05) is 13.7 Å². The van der Waals surface area contributed by atoms with E-state index >= 15 is 0 Å². The minimum absolute atomic E-state index is 0.0645. The smallest absolute Gasteiger partial charge is 0.416 e. The van der Waals surface area contributed by atoms with Crippen molar-refractivity contribution < 1.29 is 40.6 Å². The summed E-state index contributed by atoms with van der Waals surface area (Å²) in [4.78, 5) is 12.5. The predicted molar refractivity (Wildman–Crippen MR) is 121 cm³/mol. The minimum Gasteiger partial charge on any atom is -0.493 e. The maximum Gasteiger partial charge on any atom is 0.416 e. The van der Waals surface area contributed by atoms with Gasteiger partial charge in [0.05, 0.1) is 24.3 Å². The molecule has 1 saturated carbocycles. The van der Waals surface area contributed by atoms with Gasteiger partial charge in [0.25, 0.3) is 0 Å². The molecule has 194 valence electrons. The van der Waals surface area contributed by atoms with Crippen LogP contribution >= 0.6 is 0 Å². The summed E-state index contributed by atoms with van der Waals surface area (Å²) in [7, 11) is 1.53. The van der Waals surface area contributed by atoms with Crippen LogP contribution in [-0.4, -0.2) is 25.7 Å². The Hall–Kier alpha value is -3.17. The molecule has 4 rings (SSSR count). The largest absolute Gasteiger partial charge is 0.493 e. The van der Waals surface area contributed by atoms with Crippen molar-refractivity contribution in [2.45, 2.75) is 56.5 Å². The number of methoxy groups -OCH3 is 1. The molecule has 2 aliphatic rings. The zero-order valence-corrected chi connectivity index (χ0v) is 19.4. The molecular weight excluding hydrogens is 488 g/mol. The number of piperidine rings is 1. The van der Waals surface area contributed by atoms with Crippen molar-refractivity contribution in [3.05, 3.63) is 64.2 Å². The molecule has 1 aliphatic heterocycles. The van der Waals surface area contributed by atoms with Gasteiger partial charge in [-0.15, -0.1) is 0 Å². The molecule has 2 aromatic carbocycles. The summed E-state index contributed by atoms with van der Waals surface area (Å²) in [6.45, 7) is 0.266. The van der Waals surface area contributed by atoms with Crippen LogP contribution in [0.2, 0.25) is 0 Å². The number of hydrogen-bond acceptors (Lipinski definition) is 3. The van der Waals surface area contributed by atoms with E-state index in [1.54, 1.807) is 6.07 Å². The maximum absolute atomic E-state index is 13.2. The molecule has 1 atom stereocenters. The van der Waals surface area contributed by atoms with Gasteiger partial charge in [0.15, 0.2) is 11.5 Å². The molecular formula is C26H25F6NO3. The van der Waals surface area contributed by atoms with Crippen molar-refractivity contribution in [2.24, 2.45) is 0 Å². The van der Waals surface area contributed by atoms with E-state index < -0.39 is 29.4 Å². The van der Waals surface area contributed by atoms with Crippen LogP contribution in [0.3, 0.4) is 0 Å². The lowest BCUT2D eigenvalue weighted by Crippen LogP contribution is -2.35. The van der Waals surface area contributed by atoms with Gasteiger partial charge in [-0.2, -0.15) is 26.3 Å². The topological polar surface area (TPSA) is 47.6 Å². The zero-order chi connectivity index (χ0) is 26.1. The average Bonchev–Trinajstić information content (AvgIpc) is 3.32. The summed E-state index contributed by atoms with van der Waals surface area (Å²) in [5.41, 5.74) is -2.30. The van der Waals surface area contributed by atoms with Crippen LogP contribution < -0.4 is 14.8 Å². The first-order chi connectivity index (χ1) is 16.9. The molecule has 4 nitrogen and oxygen atoms in total. The number of alkyl halides is 6. The lowest BCUT2D eigenvalue weighted by Gasteiger charge is -2.26. The van der Waals surface area contributed by atoms with Crippen molar-refractivity contribution in [1.29, 1.82) is 0 Å². The molecule has 1 amide bonds. The number of hydrogen-bond donors (Lipinski definition) is 1. The standard InChI is InChI=1S/C26H25F6NO3/c1-35-22-7-6-16(12-23(22)36-21-4-2-3-5-21)18-11-17(24(34)33-14-18)8-15-9-19(25(27,28)29)13-20(10-15)26(30,31)32/h6-10,12-13,18,21H,2-5,11,14H2,1H3,(H,33,34)/t18-/m1/s1. The molecule has 0 bridgehead atoms. The van der Waals surface area contributed by atoms with Crippen LogP contribution in [0.1, 0.15) is 60.3 Å². The van der Waals surface area contributed by atoms with Gasteiger partial charge in [-0.1, -0.05) is 6.07 Å². The second-order valence-electron chi connectivity index (χ2n) is 9.05. The summed E-state index contributed by atoms with van der Waals surface area (Å²) in [6, 6.07) is 6.67. The highest BCUT2D eigenvalue weighted by molar-refractivity contribution is 5.98. The second kappa shape index (κ2) is 10.1. The Morgan fingerprint density at radius 3 is 2.14 bits per heavy atom. The molecule has 36 heavy (non-hydrogen) atoms. The van der Waals surface area contributed by atoms with Crippen molar-refractivity contribution in [3.63, 3.8) is 0 Å². The van der Waals surface area contributed by atoms with Crippen LogP contribution in [-0.2, 0) is 17.1 Å². The predicted octanol–water partition coefficient (Wildman–Crippen LogP) is 6.74. The van der Waals surface area contributed by atoms with Gasteiger partial charge in [-0.25, -0.2) is 0 Å². The van der Waals surface area contributed by atoms with Crippen LogP contribution in [0, 0.1) is 0 Å². The van der Waals surface area contributed by atoms with E-state index in [4.69, 9.17) is 9.47 Å². The number of amides is 1. The molecule has 1 heterocycles. The van der Waals surface area contributed by atoms with E-state index in [-0.39, 0.29) is 42.2 Å². The van der Waals surface area contributed by atoms with Gasteiger partial charge in [-0.05, 0) is 79.6 Å². The summed E-state index contributed by atoms with van der Waals surface area (Å²) in [5, 5.41) is 2.69. The lowest BCUT2D eigenvalue weighted by atomic mass is 9.87. The van der Waals surface area contributed by atoms with Gasteiger partial charge >= 0.3 is 12.4 Å². The number of halogens is 6. The molecule has 0 unspecified atom stereocenters. The number of nitrogens with one attached hydrogen (secondary N) is 1. The molecule has 1 N–H and O–H groups in total. The van der Waals surface area contributed by atoms with Crippen LogP contribution in [0.25, 0.3) is 6.08 Å². The second-order valence-corrected chi connectivity index (χ2v) is 9.05. The molecule has 0 radical (unpaired) electrons. The third kappa shape index (κ3) is 5.96. The number of benzene rings is 2. The van der Waals surface area contributed by atoms with E-state index in [2.05, 4.69) is 5.32 Å². The summed E-state index contributed by atoms with van der Waals surface area (Å²) < 4.78 is 90.9. The minimum atomic E-state index is -4.97. The first-order valence-electron chi connectivity index (χ1n) is 11.6. The summed E-state index contributed by atoms with van der Waals surface area (Å²) in [5.74, 6) is 0.341. The van der Waals surface area contributed by atoms with Gasteiger partial charge in [-0.3, -0.25) is 4.79 Å². The van der Waals surface area contributed by atoms with Crippen molar-refractivity contribution in [1.82, 2.24) is 5.32 Å². The Balaban J connectivity index is 1.64. The molecule has 0 spiro atoms. The normalized spacial score (nSPS) is 20.5. The van der Waals surface area contributed by atoms with Gasteiger partial charge in [0.1, 0.15) is 0 Å². The van der Waals surface area contributed by atoms with Crippen LogP contribution in [0.4, 0.5) is 26.3 Å². The third-order valence-electron chi connectivity index (χ3n) is 6.47. The van der Waals surface area contributed by atoms with E-state index in [0.29, 0.717) is 23.6 Å². The number of carbonyl (C=O) groups excluding carboxylic acids is 1. The van der Waals surface area contributed by atoms with E-state index in [1.807, 2.05) is 12.1 Å². The third-order valence-corrected chi connectivity index (χ3v) is 6.47. The number of rotatable bonds is 5. The Morgan fingerprint density at radius 2 is 1.56 bits per heavy atom. The van der Waals surface area contributed by atoms with Gasteiger partial charge in [0, 0.05) is 18.0 Å². The Kier molecular flexibility index (Phi) is 7.24. The Labute approximate surface area is 204 Å². The molecule has 1 saturated heterocycles. The first-order valence-corrected chi connectivity index (χ1v) is 11.6. The quantitative estimate of drug-likeness (QED) is 0.356. The lowest BCUT2D eigenvalue weighted by molar-refractivity contribution is -0.143. The highest BCUT2D eigenvalue weighted by Crippen LogP contribution is 2.39. The monoisotopic (exact) mass is 513 g/mol. The highest BCUT2D eigenvalue weighted by Gasteiger charge is 2.37. The summed E-state index contributed by atoms with van der Waals surface area (Å²) in [6.07, 6.45) is -4.58. The Bertz CT molecular complexity index is 1120. The molecule has 0 aromatic heterocycles. The maximum atomic E-state index is 13.2. The van der Waals surface area contributed by atoms with Crippen molar-refractivity contribution >= 4 is 12.0 Å². The van der Waals surface area contributed by atoms with Gasteiger partial charge in [0.2, 0.25) is 5.91 Å². The fourth-order valence-corrected chi connectivity index (χ4v) is 4.61. The van der Waals surface area contributed by atoms with Gasteiger partial charge < -0.3 is 14.8 Å². The average molecular weight is 513 g/mol. The number of ether oxygens (including phenoxy) is 2. The molecule has 10 heteroatoms. The fraction of sp³-hybridized carbons (Fsp3) is 0.423. The van der Waals surface area contributed by atoms with E-state index in [0.717, 1.165) is 37.3 Å². The summed E-state index contributed by atoms with van der Waals surface area (Å²) >= 11 is 0. The van der Waals surface area contributed by atoms with Crippen molar-refractivity contribution in [3.8, 4) is 11.5 Å². The highest BCUT2D eigenvalue weighted by atomic mass is 19.4. The zero-order valence-electron chi connectivity index (χ0n) is 19.4. The first kappa shape index (κ1) is 25.9. The molecule has 2 fully saturated rings. The molecule has 2 aromatic rings. The molecule has 1 aliphatic carbocycles. The van der Waals surface area contributed by atoms with Crippen LogP contribution in [0.5, 0.6) is 11.5 Å². The van der Waals surface area contributed by atoms with E-state index in [1.165, 1.54) is 7.11 Å². The number of carbonyl (C=O) groups is 1.